The zero-order valence-electron chi connectivity index (χ0n) is 19.5. The van der Waals surface area contributed by atoms with Crippen molar-refractivity contribution in [1.29, 1.82) is 0 Å². The van der Waals surface area contributed by atoms with Gasteiger partial charge in [-0.3, -0.25) is 9.59 Å². The zero-order chi connectivity index (χ0) is 24.4. The van der Waals surface area contributed by atoms with Crippen molar-refractivity contribution >= 4 is 18.0 Å². The third kappa shape index (κ3) is 4.89. The van der Waals surface area contributed by atoms with Gasteiger partial charge in [-0.2, -0.15) is 0 Å². The van der Waals surface area contributed by atoms with Gasteiger partial charge in [0.15, 0.2) is 0 Å². The van der Waals surface area contributed by atoms with E-state index in [4.69, 9.17) is 14.6 Å². The van der Waals surface area contributed by atoms with E-state index in [0.29, 0.717) is 25.9 Å². The minimum absolute atomic E-state index is 0.0301. The molecule has 5 rings (SSSR count). The van der Waals surface area contributed by atoms with Crippen molar-refractivity contribution < 1.29 is 29.0 Å². The minimum Gasteiger partial charge on any atom is -0.481 e. The van der Waals surface area contributed by atoms with Gasteiger partial charge in [0.2, 0.25) is 5.91 Å². The molecule has 8 nitrogen and oxygen atoms in total. The minimum atomic E-state index is -0.800. The summed E-state index contributed by atoms with van der Waals surface area (Å²) in [5, 5.41) is 11.8. The first-order valence-electron chi connectivity index (χ1n) is 12.2. The van der Waals surface area contributed by atoms with Crippen molar-refractivity contribution in [2.24, 2.45) is 11.8 Å². The van der Waals surface area contributed by atoms with Crippen LogP contribution in [0.3, 0.4) is 0 Å². The molecular weight excluding hydrogens is 448 g/mol. The Labute approximate surface area is 204 Å². The zero-order valence-corrected chi connectivity index (χ0v) is 19.5. The number of piperidine rings is 1. The number of hydrogen-bond acceptors (Lipinski definition) is 5. The molecule has 2 N–H and O–H groups in total. The van der Waals surface area contributed by atoms with Gasteiger partial charge in [0.05, 0.1) is 25.2 Å². The Kier molecular flexibility index (Phi) is 6.72. The van der Waals surface area contributed by atoms with Crippen LogP contribution in [0.2, 0.25) is 0 Å². The van der Waals surface area contributed by atoms with Gasteiger partial charge in [-0.05, 0) is 41.0 Å². The van der Waals surface area contributed by atoms with E-state index in [1.165, 1.54) is 11.1 Å². The molecule has 0 aromatic heterocycles. The van der Waals surface area contributed by atoms with Crippen LogP contribution in [0.15, 0.2) is 48.5 Å². The largest absolute Gasteiger partial charge is 0.481 e. The molecule has 184 valence electrons. The molecule has 3 aliphatic rings. The number of nitrogens with zero attached hydrogens (tertiary/aromatic N) is 1. The number of fused-ring (bicyclic) bond motifs is 3. The molecule has 2 unspecified atom stereocenters. The van der Waals surface area contributed by atoms with Crippen LogP contribution in [-0.4, -0.2) is 66.9 Å². The molecule has 2 aliphatic heterocycles. The topological polar surface area (TPSA) is 105 Å². The average Bonchev–Trinajstić information content (AvgIpc) is 3.45. The summed E-state index contributed by atoms with van der Waals surface area (Å²) in [6.07, 6.45) is 0.938. The Morgan fingerprint density at radius 1 is 0.971 bits per heavy atom. The number of hydrogen-bond donors (Lipinski definition) is 2. The monoisotopic (exact) mass is 478 g/mol. The van der Waals surface area contributed by atoms with E-state index in [2.05, 4.69) is 29.6 Å². The molecule has 35 heavy (non-hydrogen) atoms. The number of carbonyl (C=O) groups excluding carboxylic acids is 2. The maximum Gasteiger partial charge on any atom is 0.407 e. The second-order valence-electron chi connectivity index (χ2n) is 9.59. The van der Waals surface area contributed by atoms with Gasteiger partial charge in [0, 0.05) is 25.4 Å². The summed E-state index contributed by atoms with van der Waals surface area (Å²) in [5.41, 5.74) is 4.62. The molecule has 2 saturated heterocycles. The van der Waals surface area contributed by atoms with Crippen LogP contribution >= 0.6 is 0 Å². The second-order valence-corrected chi connectivity index (χ2v) is 9.59. The summed E-state index contributed by atoms with van der Waals surface area (Å²) < 4.78 is 11.2. The molecule has 0 spiro atoms. The first-order valence-corrected chi connectivity index (χ1v) is 12.2. The van der Waals surface area contributed by atoms with Crippen molar-refractivity contribution in [3.05, 3.63) is 59.7 Å². The predicted octanol–water partition coefficient (Wildman–Crippen LogP) is 3.25. The van der Waals surface area contributed by atoms with Crippen molar-refractivity contribution in [1.82, 2.24) is 10.2 Å². The fourth-order valence-corrected chi connectivity index (χ4v) is 5.57. The highest BCUT2D eigenvalue weighted by Crippen LogP contribution is 2.44. The van der Waals surface area contributed by atoms with Gasteiger partial charge in [-0.15, -0.1) is 0 Å². The predicted molar refractivity (Wildman–Crippen MR) is 128 cm³/mol. The highest BCUT2D eigenvalue weighted by molar-refractivity contribution is 5.81. The number of carboxylic acids is 1. The van der Waals surface area contributed by atoms with Crippen molar-refractivity contribution in [3.63, 3.8) is 0 Å². The van der Waals surface area contributed by atoms with Gasteiger partial charge in [0.25, 0.3) is 0 Å². The quantitative estimate of drug-likeness (QED) is 0.660. The number of amides is 2. The smallest absolute Gasteiger partial charge is 0.407 e. The first-order chi connectivity index (χ1) is 17.0. The number of aliphatic carboxylic acids is 1. The SMILES string of the molecule is O=C(O)CC1CCN(C(=O)C2COCC2NC(=O)OCC2c3ccccc3-c3ccccc32)CC1. The molecule has 0 bridgehead atoms. The number of benzene rings is 2. The highest BCUT2D eigenvalue weighted by Gasteiger charge is 2.39. The molecule has 2 amide bonds. The summed E-state index contributed by atoms with van der Waals surface area (Å²) in [7, 11) is 0. The molecule has 2 aromatic rings. The second kappa shape index (κ2) is 10.1. The maximum absolute atomic E-state index is 13.1. The molecule has 0 saturated carbocycles. The molecular formula is C27H30N2O6. The van der Waals surface area contributed by atoms with Crippen molar-refractivity contribution in [2.75, 3.05) is 32.9 Å². The Morgan fingerprint density at radius 2 is 1.60 bits per heavy atom. The standard InChI is InChI=1S/C27H30N2O6/c30-25(31)13-17-9-11-29(12-10-17)26(32)23-14-34-16-24(23)28-27(33)35-15-22-20-7-3-1-5-18(20)19-6-2-4-8-21(19)22/h1-8,17,22-24H,9-16H2,(H,28,33)(H,30,31). The summed E-state index contributed by atoms with van der Waals surface area (Å²) >= 11 is 0. The fourth-order valence-electron chi connectivity index (χ4n) is 5.57. The third-order valence-corrected chi connectivity index (χ3v) is 7.43. The third-order valence-electron chi connectivity index (χ3n) is 7.43. The number of nitrogens with one attached hydrogen (secondary N) is 1. The van der Waals surface area contributed by atoms with Gasteiger partial charge in [-0.25, -0.2) is 4.79 Å². The van der Waals surface area contributed by atoms with Gasteiger partial charge >= 0.3 is 12.1 Å². The van der Waals surface area contributed by atoms with E-state index in [1.54, 1.807) is 4.90 Å². The lowest BCUT2D eigenvalue weighted by Gasteiger charge is -2.33. The Hall–Kier alpha value is -3.39. The van der Waals surface area contributed by atoms with Crippen LogP contribution < -0.4 is 5.32 Å². The van der Waals surface area contributed by atoms with Crippen molar-refractivity contribution in [2.45, 2.75) is 31.2 Å². The first kappa shape index (κ1) is 23.4. The van der Waals surface area contributed by atoms with Crippen LogP contribution in [0.4, 0.5) is 4.79 Å². The Morgan fingerprint density at radius 3 is 2.23 bits per heavy atom. The van der Waals surface area contributed by atoms with Crippen LogP contribution in [0.25, 0.3) is 11.1 Å². The number of alkyl carbamates (subject to hydrolysis) is 1. The lowest BCUT2D eigenvalue weighted by molar-refractivity contribution is -0.139. The van der Waals surface area contributed by atoms with E-state index in [1.807, 2.05) is 24.3 Å². The number of rotatable bonds is 6. The van der Waals surface area contributed by atoms with E-state index < -0.39 is 24.0 Å². The number of carboxylic acid groups (broad SMARTS) is 1. The summed E-state index contributed by atoms with van der Waals surface area (Å²) in [6, 6.07) is 15.9. The summed E-state index contributed by atoms with van der Waals surface area (Å²) in [4.78, 5) is 38.5. The highest BCUT2D eigenvalue weighted by atomic mass is 16.5. The molecule has 2 heterocycles. The molecule has 2 fully saturated rings. The summed E-state index contributed by atoms with van der Waals surface area (Å²) in [6.45, 7) is 1.79. The van der Waals surface area contributed by atoms with Crippen LogP contribution in [0.1, 0.15) is 36.3 Å². The summed E-state index contributed by atoms with van der Waals surface area (Å²) in [5.74, 6) is -1.25. The average molecular weight is 479 g/mol. The lowest BCUT2D eigenvalue weighted by Crippen LogP contribution is -2.49. The van der Waals surface area contributed by atoms with Crippen molar-refractivity contribution in [3.8, 4) is 11.1 Å². The molecule has 2 atom stereocenters. The van der Waals surface area contributed by atoms with E-state index in [-0.39, 0.29) is 44.0 Å². The van der Waals surface area contributed by atoms with Gasteiger partial charge < -0.3 is 24.8 Å². The van der Waals surface area contributed by atoms with E-state index in [0.717, 1.165) is 11.1 Å². The number of likely N-dealkylation sites (tertiary alicyclic amines) is 1. The Balaban J connectivity index is 1.16. The van der Waals surface area contributed by atoms with Gasteiger partial charge in [-0.1, -0.05) is 48.5 Å². The maximum atomic E-state index is 13.1. The normalized spacial score (nSPS) is 21.9. The Bertz CT molecular complexity index is 1060. The molecule has 2 aromatic carbocycles. The molecule has 8 heteroatoms. The van der Waals surface area contributed by atoms with Crippen LogP contribution in [0.5, 0.6) is 0 Å². The molecule has 1 aliphatic carbocycles. The van der Waals surface area contributed by atoms with E-state index in [9.17, 15) is 14.4 Å². The van der Waals surface area contributed by atoms with E-state index >= 15 is 0 Å². The number of ether oxygens (including phenoxy) is 2. The van der Waals surface area contributed by atoms with Gasteiger partial charge in [0.1, 0.15) is 6.61 Å². The molecule has 0 radical (unpaired) electrons. The van der Waals surface area contributed by atoms with Crippen LogP contribution in [-0.2, 0) is 19.1 Å². The number of carbonyl (C=O) groups is 3. The lowest BCUT2D eigenvalue weighted by atomic mass is 9.92. The fraction of sp³-hybridized carbons (Fsp3) is 0.444. The van der Waals surface area contributed by atoms with Crippen LogP contribution in [0, 0.1) is 11.8 Å².